The van der Waals surface area contributed by atoms with E-state index in [2.05, 4.69) is 11.1 Å². The van der Waals surface area contributed by atoms with E-state index in [1.165, 1.54) is 0 Å². The molecule has 2 rings (SSSR count). The number of H-pyrrole nitrogens is 1. The first kappa shape index (κ1) is 7.98. The molecule has 0 saturated carbocycles. The molecule has 0 spiro atoms. The van der Waals surface area contributed by atoms with Crippen molar-refractivity contribution >= 4 is 10.9 Å². The summed E-state index contributed by atoms with van der Waals surface area (Å²) in [5, 5.41) is 0.918. The zero-order valence-electron chi connectivity index (χ0n) is 7.55. The van der Waals surface area contributed by atoms with Crippen molar-refractivity contribution in [2.24, 2.45) is 0 Å². The molecular formula is C10H10NO2. The number of benzene rings is 1. The lowest BCUT2D eigenvalue weighted by molar-refractivity contribution is 0.410. The Morgan fingerprint density at radius 3 is 2.54 bits per heavy atom. The summed E-state index contributed by atoms with van der Waals surface area (Å²) >= 11 is 0. The number of hydrogen-bond donors (Lipinski definition) is 1. The second kappa shape index (κ2) is 3.01. The molecule has 2 aromatic rings. The third-order valence-corrected chi connectivity index (χ3v) is 2.00. The maximum atomic E-state index is 5.18. The molecule has 3 nitrogen and oxygen atoms in total. The first-order chi connectivity index (χ1) is 6.36. The number of methoxy groups -OCH3 is 2. The monoisotopic (exact) mass is 176 g/mol. The molecule has 0 atom stereocenters. The number of rotatable bonds is 2. The number of fused-ring (bicyclic) bond motifs is 1. The van der Waals surface area contributed by atoms with Crippen molar-refractivity contribution in [3.63, 3.8) is 0 Å². The fourth-order valence-electron chi connectivity index (χ4n) is 1.37. The fourth-order valence-corrected chi connectivity index (χ4v) is 1.37. The smallest absolute Gasteiger partial charge is 0.143 e. The van der Waals surface area contributed by atoms with Gasteiger partial charge in [-0.2, -0.15) is 0 Å². The van der Waals surface area contributed by atoms with E-state index < -0.39 is 0 Å². The highest BCUT2D eigenvalue weighted by atomic mass is 16.5. The van der Waals surface area contributed by atoms with Gasteiger partial charge in [0.15, 0.2) is 0 Å². The minimum Gasteiger partial charge on any atom is -0.496 e. The van der Waals surface area contributed by atoms with Gasteiger partial charge in [-0.1, -0.05) is 0 Å². The highest BCUT2D eigenvalue weighted by Crippen LogP contribution is 2.31. The standard InChI is InChI=1S/C10H10NO2/c1-12-8-3-4-9(13-2)10-7(8)5-6-11-10/h3-4,6,11H,1-2H3. The van der Waals surface area contributed by atoms with Crippen LogP contribution in [0.5, 0.6) is 11.5 Å². The van der Waals surface area contributed by atoms with Crippen LogP contribution in [0.3, 0.4) is 0 Å². The van der Waals surface area contributed by atoms with Crippen LogP contribution >= 0.6 is 0 Å². The molecule has 0 unspecified atom stereocenters. The number of nitrogens with one attached hydrogen (secondary N) is 1. The summed E-state index contributed by atoms with van der Waals surface area (Å²) in [5.74, 6) is 1.61. The number of aromatic amines is 1. The molecule has 67 valence electrons. The molecule has 13 heavy (non-hydrogen) atoms. The zero-order valence-corrected chi connectivity index (χ0v) is 7.55. The van der Waals surface area contributed by atoms with Crippen molar-refractivity contribution in [3.8, 4) is 11.5 Å². The molecule has 0 bridgehead atoms. The van der Waals surface area contributed by atoms with Gasteiger partial charge in [0.1, 0.15) is 11.5 Å². The van der Waals surface area contributed by atoms with Gasteiger partial charge in [-0.05, 0) is 12.1 Å². The highest BCUT2D eigenvalue weighted by Gasteiger charge is 2.06. The fraction of sp³-hybridized carbons (Fsp3) is 0.200. The van der Waals surface area contributed by atoms with E-state index in [9.17, 15) is 0 Å². The quantitative estimate of drug-likeness (QED) is 0.759. The van der Waals surface area contributed by atoms with Gasteiger partial charge in [0, 0.05) is 12.3 Å². The molecule has 1 radical (unpaired) electrons. The maximum absolute atomic E-state index is 5.18. The lowest BCUT2D eigenvalue weighted by atomic mass is 10.2. The Morgan fingerprint density at radius 1 is 1.15 bits per heavy atom. The summed E-state index contributed by atoms with van der Waals surface area (Å²) in [5.41, 5.74) is 0.918. The Hall–Kier alpha value is -1.64. The third-order valence-electron chi connectivity index (χ3n) is 2.00. The average molecular weight is 176 g/mol. The molecule has 1 aromatic carbocycles. The summed E-state index contributed by atoms with van der Waals surface area (Å²) in [6, 6.07) is 6.79. The number of aromatic nitrogens is 1. The third kappa shape index (κ3) is 1.13. The summed E-state index contributed by atoms with van der Waals surface area (Å²) < 4.78 is 10.4. The Bertz CT molecular complexity index is 382. The SMILES string of the molecule is COc1ccc(OC)c2[nH]c[c]c12. The Labute approximate surface area is 76.3 Å². The summed E-state index contributed by atoms with van der Waals surface area (Å²) in [6.07, 6.45) is 1.75. The van der Waals surface area contributed by atoms with Gasteiger partial charge in [-0.25, -0.2) is 0 Å². The van der Waals surface area contributed by atoms with Crippen molar-refractivity contribution in [3.05, 3.63) is 24.4 Å². The van der Waals surface area contributed by atoms with Crippen LogP contribution < -0.4 is 9.47 Å². The summed E-state index contributed by atoms with van der Waals surface area (Å²) in [6.45, 7) is 0. The Kier molecular flexibility index (Phi) is 1.85. The van der Waals surface area contributed by atoms with Crippen LogP contribution in [0.2, 0.25) is 0 Å². The molecule has 1 heterocycles. The molecule has 3 heteroatoms. The van der Waals surface area contributed by atoms with E-state index in [1.807, 2.05) is 12.1 Å². The van der Waals surface area contributed by atoms with Gasteiger partial charge >= 0.3 is 0 Å². The average Bonchev–Trinajstić information content (AvgIpc) is 2.64. The number of hydrogen-bond acceptors (Lipinski definition) is 2. The van der Waals surface area contributed by atoms with Gasteiger partial charge in [0.05, 0.1) is 25.1 Å². The second-order valence-electron chi connectivity index (χ2n) is 2.65. The molecule has 0 saturated heterocycles. The topological polar surface area (TPSA) is 34.2 Å². The van der Waals surface area contributed by atoms with Gasteiger partial charge < -0.3 is 14.5 Å². The van der Waals surface area contributed by atoms with E-state index in [0.29, 0.717) is 0 Å². The van der Waals surface area contributed by atoms with Crippen molar-refractivity contribution in [1.29, 1.82) is 0 Å². The molecule has 1 aromatic heterocycles. The van der Waals surface area contributed by atoms with Crippen molar-refractivity contribution in [2.75, 3.05) is 14.2 Å². The van der Waals surface area contributed by atoms with Crippen molar-refractivity contribution in [1.82, 2.24) is 4.98 Å². The van der Waals surface area contributed by atoms with Crippen LogP contribution in [0.1, 0.15) is 0 Å². The predicted octanol–water partition coefficient (Wildman–Crippen LogP) is 1.99. The zero-order chi connectivity index (χ0) is 9.26. The Balaban J connectivity index is 2.74. The minimum atomic E-state index is 0.803. The van der Waals surface area contributed by atoms with Crippen LogP contribution in [0.4, 0.5) is 0 Å². The summed E-state index contributed by atoms with van der Waals surface area (Å²) in [7, 11) is 3.28. The highest BCUT2D eigenvalue weighted by molar-refractivity contribution is 5.90. The molecule has 0 aliphatic carbocycles. The predicted molar refractivity (Wildman–Crippen MR) is 50.2 cm³/mol. The minimum absolute atomic E-state index is 0.803. The van der Waals surface area contributed by atoms with Crippen LogP contribution in [0.25, 0.3) is 10.9 Å². The van der Waals surface area contributed by atoms with E-state index >= 15 is 0 Å². The van der Waals surface area contributed by atoms with Gasteiger partial charge in [-0.3, -0.25) is 0 Å². The van der Waals surface area contributed by atoms with Gasteiger partial charge in [0.2, 0.25) is 0 Å². The molecular weight excluding hydrogens is 166 g/mol. The first-order valence-electron chi connectivity index (χ1n) is 3.96. The van der Waals surface area contributed by atoms with E-state index in [0.717, 1.165) is 22.4 Å². The van der Waals surface area contributed by atoms with Crippen LogP contribution in [-0.2, 0) is 0 Å². The lowest BCUT2D eigenvalue weighted by Gasteiger charge is -2.05. The van der Waals surface area contributed by atoms with Gasteiger partial charge in [-0.15, -0.1) is 0 Å². The van der Waals surface area contributed by atoms with E-state index in [4.69, 9.17) is 9.47 Å². The first-order valence-corrected chi connectivity index (χ1v) is 3.96. The molecule has 1 N–H and O–H groups in total. The molecule has 0 aliphatic heterocycles. The van der Waals surface area contributed by atoms with Crippen LogP contribution in [0.15, 0.2) is 18.3 Å². The Morgan fingerprint density at radius 2 is 1.85 bits per heavy atom. The second-order valence-corrected chi connectivity index (χ2v) is 2.65. The van der Waals surface area contributed by atoms with Crippen LogP contribution in [-0.4, -0.2) is 19.2 Å². The maximum Gasteiger partial charge on any atom is 0.143 e. The molecule has 0 fully saturated rings. The van der Waals surface area contributed by atoms with E-state index in [1.54, 1.807) is 20.4 Å². The lowest BCUT2D eigenvalue weighted by Crippen LogP contribution is -1.87. The molecule has 0 aliphatic rings. The van der Waals surface area contributed by atoms with E-state index in [-0.39, 0.29) is 0 Å². The largest absolute Gasteiger partial charge is 0.496 e. The van der Waals surface area contributed by atoms with Crippen molar-refractivity contribution < 1.29 is 9.47 Å². The van der Waals surface area contributed by atoms with Gasteiger partial charge in [0.25, 0.3) is 0 Å². The van der Waals surface area contributed by atoms with Crippen LogP contribution in [0, 0.1) is 6.07 Å². The molecule has 0 amide bonds. The summed E-state index contributed by atoms with van der Waals surface area (Å²) in [4.78, 5) is 3.05. The normalized spacial score (nSPS) is 10.3. The number of ether oxygens (including phenoxy) is 2. The van der Waals surface area contributed by atoms with Crippen molar-refractivity contribution in [2.45, 2.75) is 0 Å².